The van der Waals surface area contributed by atoms with Crippen molar-refractivity contribution in [2.75, 3.05) is 91.9 Å². The van der Waals surface area contributed by atoms with E-state index in [1.54, 1.807) is 9.80 Å². The number of nitrogens with zero attached hydrogens (tertiary/aromatic N) is 2. The average Bonchev–Trinajstić information content (AvgIpc) is 2.98. The molecule has 0 aliphatic carbocycles. The van der Waals surface area contributed by atoms with Crippen LogP contribution in [0.25, 0.3) is 0 Å². The van der Waals surface area contributed by atoms with Crippen molar-refractivity contribution in [2.24, 2.45) is 0 Å². The maximum Gasteiger partial charge on any atom is 0.317 e. The summed E-state index contributed by atoms with van der Waals surface area (Å²) in [5.41, 5.74) is 1.000. The number of aryl methyl sites for hydroxylation is 1. The summed E-state index contributed by atoms with van der Waals surface area (Å²) >= 11 is 0. The van der Waals surface area contributed by atoms with E-state index in [-0.39, 0.29) is 37.0 Å². The first-order valence-corrected chi connectivity index (χ1v) is 13.6. The molecule has 0 radical (unpaired) electrons. The fraction of sp³-hybridized carbons (Fsp3) is 0.654. The molecule has 1 atom stereocenters. The zero-order valence-electron chi connectivity index (χ0n) is 22.9. The van der Waals surface area contributed by atoms with Gasteiger partial charge in [0.15, 0.2) is 0 Å². The molecule has 1 aromatic carbocycles. The smallest absolute Gasteiger partial charge is 0.317 e. The molecule has 0 spiro atoms. The Morgan fingerprint density at radius 1 is 0.825 bits per heavy atom. The van der Waals surface area contributed by atoms with E-state index < -0.39 is 6.10 Å². The number of aliphatic hydroxyl groups is 1. The molecule has 2 aliphatic rings. The average molecular weight is 587 g/mol. The molecule has 2 saturated heterocycles. The normalized spacial score (nSPS) is 15.9. The highest BCUT2D eigenvalue weighted by Gasteiger charge is 2.17. The van der Waals surface area contributed by atoms with Crippen molar-refractivity contribution in [1.29, 1.82) is 0 Å². The number of nitrogens with one attached hydrogen (secondary N) is 4. The lowest BCUT2D eigenvalue weighted by Gasteiger charge is -2.27. The summed E-state index contributed by atoms with van der Waals surface area (Å²) in [4.78, 5) is 39.5. The number of rotatable bonds is 14. The van der Waals surface area contributed by atoms with E-state index in [4.69, 9.17) is 14.2 Å². The molecule has 5 N–H and O–H groups in total. The van der Waals surface area contributed by atoms with Crippen LogP contribution in [-0.2, 0) is 20.7 Å². The van der Waals surface area contributed by atoms with Gasteiger partial charge in [-0.15, -0.1) is 12.4 Å². The number of carbonyl (C=O) groups excluding carboxylic acids is 3. The van der Waals surface area contributed by atoms with Crippen LogP contribution in [0, 0.1) is 0 Å². The number of aliphatic hydroxyl groups excluding tert-OH is 1. The fourth-order valence-corrected chi connectivity index (χ4v) is 4.00. The van der Waals surface area contributed by atoms with Crippen molar-refractivity contribution in [3.63, 3.8) is 0 Å². The van der Waals surface area contributed by atoms with Crippen molar-refractivity contribution in [1.82, 2.24) is 31.1 Å². The molecule has 0 bridgehead atoms. The molecule has 226 valence electrons. The number of urea groups is 2. The zero-order chi connectivity index (χ0) is 27.7. The van der Waals surface area contributed by atoms with Gasteiger partial charge in [-0.25, -0.2) is 9.59 Å². The van der Waals surface area contributed by atoms with E-state index in [9.17, 15) is 19.5 Å². The third-order valence-corrected chi connectivity index (χ3v) is 6.28. The molecule has 5 amide bonds. The van der Waals surface area contributed by atoms with Crippen molar-refractivity contribution >= 4 is 30.4 Å². The second kappa shape index (κ2) is 19.3. The summed E-state index contributed by atoms with van der Waals surface area (Å²) in [6.45, 7) is 6.84. The van der Waals surface area contributed by atoms with Gasteiger partial charge in [0, 0.05) is 65.3 Å². The molecule has 0 aromatic heterocycles. The predicted octanol–water partition coefficient (Wildman–Crippen LogP) is -0.430. The highest BCUT2D eigenvalue weighted by molar-refractivity contribution is 5.85. The molecule has 1 aromatic rings. The Hall–Kier alpha value is -2.84. The molecule has 2 aliphatic heterocycles. The minimum absolute atomic E-state index is 0. The number of carbonyl (C=O) groups is 3. The second-order valence-corrected chi connectivity index (χ2v) is 9.33. The summed E-state index contributed by atoms with van der Waals surface area (Å²) in [6.07, 6.45) is 0.234. The van der Waals surface area contributed by atoms with Crippen LogP contribution in [-0.4, -0.2) is 131 Å². The zero-order valence-corrected chi connectivity index (χ0v) is 23.7. The van der Waals surface area contributed by atoms with Crippen LogP contribution >= 0.6 is 12.4 Å². The van der Waals surface area contributed by atoms with Crippen LogP contribution in [0.15, 0.2) is 24.3 Å². The van der Waals surface area contributed by atoms with E-state index in [0.717, 1.165) is 5.56 Å². The lowest BCUT2D eigenvalue weighted by Crippen LogP contribution is -2.47. The minimum Gasteiger partial charge on any atom is -0.491 e. The number of amides is 5. The van der Waals surface area contributed by atoms with Gasteiger partial charge in [-0.1, -0.05) is 12.1 Å². The Morgan fingerprint density at radius 2 is 1.35 bits per heavy atom. The summed E-state index contributed by atoms with van der Waals surface area (Å²) in [6, 6.07) is 7.19. The maximum absolute atomic E-state index is 12.1. The quantitative estimate of drug-likeness (QED) is 0.184. The van der Waals surface area contributed by atoms with Crippen molar-refractivity contribution in [3.05, 3.63) is 29.8 Å². The maximum atomic E-state index is 12.1. The van der Waals surface area contributed by atoms with E-state index in [0.29, 0.717) is 104 Å². The Bertz CT molecular complexity index is 883. The molecular formula is C26H43ClN6O7. The first-order valence-electron chi connectivity index (χ1n) is 13.6. The monoisotopic (exact) mass is 586 g/mol. The van der Waals surface area contributed by atoms with E-state index in [1.165, 1.54) is 0 Å². The lowest BCUT2D eigenvalue weighted by molar-refractivity contribution is -0.121. The number of benzene rings is 1. The number of halogens is 1. The minimum atomic E-state index is -0.693. The molecule has 14 heteroatoms. The Labute approximate surface area is 241 Å². The van der Waals surface area contributed by atoms with Gasteiger partial charge >= 0.3 is 12.1 Å². The van der Waals surface area contributed by atoms with Gasteiger partial charge in [0.2, 0.25) is 5.91 Å². The number of hydrogen-bond acceptors (Lipinski definition) is 8. The Balaban J connectivity index is 0.00000560. The van der Waals surface area contributed by atoms with Crippen LogP contribution in [0.2, 0.25) is 0 Å². The second-order valence-electron chi connectivity index (χ2n) is 9.33. The van der Waals surface area contributed by atoms with Gasteiger partial charge in [-0.3, -0.25) is 4.79 Å². The summed E-state index contributed by atoms with van der Waals surface area (Å²) < 4.78 is 16.1. The van der Waals surface area contributed by atoms with E-state index >= 15 is 0 Å². The SMILES string of the molecule is Cl.O=C(CCc1ccc(OC[C@@H](O)CNCCNC(=O)N2CCOCC2)cc1)NCCNC(=O)N1CCOCC1. The van der Waals surface area contributed by atoms with Gasteiger partial charge < -0.3 is 50.4 Å². The van der Waals surface area contributed by atoms with Gasteiger partial charge in [0.05, 0.1) is 26.4 Å². The molecule has 2 fully saturated rings. The molecule has 40 heavy (non-hydrogen) atoms. The molecule has 0 saturated carbocycles. The van der Waals surface area contributed by atoms with Crippen molar-refractivity contribution in [3.8, 4) is 5.75 Å². The van der Waals surface area contributed by atoms with Crippen LogP contribution in [0.4, 0.5) is 9.59 Å². The first kappa shape index (κ1) is 33.4. The van der Waals surface area contributed by atoms with Crippen LogP contribution in [0.1, 0.15) is 12.0 Å². The largest absolute Gasteiger partial charge is 0.491 e. The first-order chi connectivity index (χ1) is 19.0. The highest BCUT2D eigenvalue weighted by Crippen LogP contribution is 2.13. The Morgan fingerprint density at radius 3 is 1.93 bits per heavy atom. The third-order valence-electron chi connectivity index (χ3n) is 6.28. The van der Waals surface area contributed by atoms with Crippen molar-refractivity contribution < 1.29 is 33.7 Å². The topological polar surface area (TPSA) is 154 Å². The van der Waals surface area contributed by atoms with Crippen LogP contribution in [0.5, 0.6) is 5.75 Å². The number of morpholine rings is 2. The summed E-state index contributed by atoms with van der Waals surface area (Å²) in [7, 11) is 0. The molecular weight excluding hydrogens is 544 g/mol. The van der Waals surface area contributed by atoms with Crippen LogP contribution in [0.3, 0.4) is 0 Å². The Kier molecular flexibility index (Phi) is 16.1. The number of hydrogen-bond donors (Lipinski definition) is 5. The fourth-order valence-electron chi connectivity index (χ4n) is 4.00. The highest BCUT2D eigenvalue weighted by atomic mass is 35.5. The van der Waals surface area contributed by atoms with Gasteiger partial charge in [-0.05, 0) is 24.1 Å². The van der Waals surface area contributed by atoms with Gasteiger partial charge in [0.1, 0.15) is 18.5 Å². The van der Waals surface area contributed by atoms with E-state index in [1.807, 2.05) is 24.3 Å². The molecule has 2 heterocycles. The van der Waals surface area contributed by atoms with Gasteiger partial charge in [-0.2, -0.15) is 0 Å². The van der Waals surface area contributed by atoms with Crippen LogP contribution < -0.4 is 26.0 Å². The third kappa shape index (κ3) is 13.0. The standard InChI is InChI=1S/C26H42N6O7.ClH/c33-22(19-27-7-8-29-25(35)31-11-15-37-16-12-31)20-39-23-4-1-21(2-5-23)3-6-24(34)28-9-10-30-26(36)32-13-17-38-18-14-32;/h1-2,4-5,22,27,33H,3,6-20H2,(H,28,34)(H,29,35)(H,30,36);1H/t22-;/m0./s1. The predicted molar refractivity (Wildman–Crippen MR) is 151 cm³/mol. The lowest BCUT2D eigenvalue weighted by atomic mass is 10.1. The van der Waals surface area contributed by atoms with E-state index in [2.05, 4.69) is 21.3 Å². The van der Waals surface area contributed by atoms with Gasteiger partial charge in [0.25, 0.3) is 0 Å². The number of ether oxygens (including phenoxy) is 3. The molecule has 0 unspecified atom stereocenters. The molecule has 3 rings (SSSR count). The van der Waals surface area contributed by atoms with Crippen molar-refractivity contribution in [2.45, 2.75) is 18.9 Å². The molecule has 13 nitrogen and oxygen atoms in total. The summed E-state index contributed by atoms with van der Waals surface area (Å²) in [5, 5.41) is 21.7. The summed E-state index contributed by atoms with van der Waals surface area (Å²) in [5.74, 6) is 0.559.